The van der Waals surface area contributed by atoms with Crippen molar-refractivity contribution >= 4 is 16.8 Å². The number of benzene rings is 3. The van der Waals surface area contributed by atoms with Crippen LogP contribution in [0.5, 0.6) is 0 Å². The summed E-state index contributed by atoms with van der Waals surface area (Å²) >= 11 is 0. The normalized spacial score (nSPS) is 13.9. The van der Waals surface area contributed by atoms with Crippen LogP contribution in [-0.2, 0) is 11.2 Å². The van der Waals surface area contributed by atoms with Crippen molar-refractivity contribution in [2.45, 2.75) is 25.3 Å². The molecule has 0 aliphatic heterocycles. The van der Waals surface area contributed by atoms with E-state index in [1.165, 1.54) is 0 Å². The van der Waals surface area contributed by atoms with Gasteiger partial charge in [0.15, 0.2) is 0 Å². The van der Waals surface area contributed by atoms with Crippen molar-refractivity contribution < 1.29 is 10.0 Å². The van der Waals surface area contributed by atoms with Gasteiger partial charge in [-0.15, -0.1) is 0 Å². The second kappa shape index (κ2) is 8.70. The Hall–Kier alpha value is -3.88. The van der Waals surface area contributed by atoms with Crippen molar-refractivity contribution in [3.63, 3.8) is 0 Å². The zero-order chi connectivity index (χ0) is 21.9. The molecule has 0 spiro atoms. The molecule has 1 aliphatic rings. The Morgan fingerprint density at radius 3 is 2.44 bits per heavy atom. The van der Waals surface area contributed by atoms with Crippen LogP contribution in [0.15, 0.2) is 78.9 Å². The second-order valence-corrected chi connectivity index (χ2v) is 8.12. The number of aromatic nitrogens is 2. The van der Waals surface area contributed by atoms with Gasteiger partial charge in [-0.3, -0.25) is 10.0 Å². The lowest BCUT2D eigenvalue weighted by atomic mass is 10.0. The Bertz CT molecular complexity index is 1310. The van der Waals surface area contributed by atoms with Crippen LogP contribution in [0.25, 0.3) is 22.0 Å². The monoisotopic (exact) mass is 421 g/mol. The lowest BCUT2D eigenvalue weighted by Crippen LogP contribution is -2.33. The standard InChI is InChI=1S/C27H23N3O2/c31-27(29-32)26(17-20-7-3-1-4-8-20)30-25(16-13-19-11-12-19)23-18-22(14-15-24(23)28-30)21-9-5-2-6-10-21/h1-10,14-15,18-19,26,32H,11-12,17H2,(H,29,31). The number of hydrogen-bond donors (Lipinski definition) is 2. The van der Waals surface area contributed by atoms with Crippen molar-refractivity contribution in [2.75, 3.05) is 0 Å². The summed E-state index contributed by atoms with van der Waals surface area (Å²) < 4.78 is 1.67. The van der Waals surface area contributed by atoms with E-state index in [0.29, 0.717) is 18.0 Å². The Morgan fingerprint density at radius 1 is 1.03 bits per heavy atom. The van der Waals surface area contributed by atoms with E-state index in [2.05, 4.69) is 30.0 Å². The molecular weight excluding hydrogens is 398 g/mol. The number of carbonyl (C=O) groups is 1. The van der Waals surface area contributed by atoms with Crippen LogP contribution in [0.1, 0.15) is 30.1 Å². The van der Waals surface area contributed by atoms with Crippen molar-refractivity contribution in [1.82, 2.24) is 15.3 Å². The predicted molar refractivity (Wildman–Crippen MR) is 124 cm³/mol. The maximum Gasteiger partial charge on any atom is 0.268 e. The summed E-state index contributed by atoms with van der Waals surface area (Å²) in [6.45, 7) is 0. The third-order valence-corrected chi connectivity index (χ3v) is 5.76. The van der Waals surface area contributed by atoms with Gasteiger partial charge in [-0.05, 0) is 47.6 Å². The number of nitrogens with one attached hydrogen (secondary N) is 1. The van der Waals surface area contributed by atoms with Crippen molar-refractivity contribution in [2.24, 2.45) is 5.92 Å². The van der Waals surface area contributed by atoms with Crippen LogP contribution in [0.3, 0.4) is 0 Å². The van der Waals surface area contributed by atoms with Gasteiger partial charge in [-0.25, -0.2) is 10.2 Å². The van der Waals surface area contributed by atoms with Gasteiger partial charge in [0.1, 0.15) is 11.7 Å². The fourth-order valence-electron chi connectivity index (χ4n) is 3.86. The number of hydrogen-bond acceptors (Lipinski definition) is 3. The molecule has 3 aromatic carbocycles. The first-order valence-electron chi connectivity index (χ1n) is 10.8. The zero-order valence-electron chi connectivity index (χ0n) is 17.5. The number of nitrogens with zero attached hydrogens (tertiary/aromatic N) is 2. The highest BCUT2D eigenvalue weighted by Crippen LogP contribution is 2.31. The van der Waals surface area contributed by atoms with Crippen molar-refractivity contribution in [3.05, 3.63) is 90.1 Å². The van der Waals surface area contributed by atoms with Crippen LogP contribution in [0.2, 0.25) is 0 Å². The van der Waals surface area contributed by atoms with E-state index in [1.54, 1.807) is 4.68 Å². The number of amides is 1. The summed E-state index contributed by atoms with van der Waals surface area (Å²) in [5.41, 5.74) is 6.45. The molecular formula is C27H23N3O2. The Morgan fingerprint density at radius 2 is 1.75 bits per heavy atom. The van der Waals surface area contributed by atoms with E-state index in [0.717, 1.165) is 40.4 Å². The van der Waals surface area contributed by atoms with Gasteiger partial charge in [0, 0.05) is 17.7 Å². The Kier molecular flexibility index (Phi) is 5.45. The fourth-order valence-corrected chi connectivity index (χ4v) is 3.86. The minimum absolute atomic E-state index is 0.394. The van der Waals surface area contributed by atoms with Gasteiger partial charge in [0.2, 0.25) is 0 Å². The molecule has 0 radical (unpaired) electrons. The average Bonchev–Trinajstić information content (AvgIpc) is 3.61. The van der Waals surface area contributed by atoms with Gasteiger partial charge in [-0.2, -0.15) is 5.10 Å². The van der Waals surface area contributed by atoms with Gasteiger partial charge in [0.25, 0.3) is 5.91 Å². The molecule has 1 amide bonds. The number of rotatable bonds is 5. The maximum atomic E-state index is 12.7. The van der Waals surface area contributed by atoms with E-state index in [1.807, 2.05) is 66.1 Å². The predicted octanol–water partition coefficient (Wildman–Crippen LogP) is 4.75. The molecule has 0 bridgehead atoms. The molecule has 4 aromatic rings. The topological polar surface area (TPSA) is 67.2 Å². The van der Waals surface area contributed by atoms with Crippen LogP contribution < -0.4 is 5.48 Å². The molecule has 1 aliphatic carbocycles. The number of fused-ring (bicyclic) bond motifs is 1. The second-order valence-electron chi connectivity index (χ2n) is 8.12. The highest BCUT2D eigenvalue weighted by atomic mass is 16.5. The van der Waals surface area contributed by atoms with E-state index in [4.69, 9.17) is 5.10 Å². The number of hydroxylamine groups is 1. The molecule has 5 heteroatoms. The summed E-state index contributed by atoms with van der Waals surface area (Å²) in [4.78, 5) is 12.7. The first kappa shape index (κ1) is 20.0. The largest absolute Gasteiger partial charge is 0.289 e. The van der Waals surface area contributed by atoms with Crippen molar-refractivity contribution in [3.8, 4) is 23.0 Å². The van der Waals surface area contributed by atoms with Crippen LogP contribution in [-0.4, -0.2) is 20.9 Å². The molecule has 1 unspecified atom stereocenters. The number of carbonyl (C=O) groups excluding carboxylic acids is 1. The van der Waals surface area contributed by atoms with Crippen LogP contribution >= 0.6 is 0 Å². The lowest BCUT2D eigenvalue weighted by molar-refractivity contribution is -0.132. The molecule has 158 valence electrons. The van der Waals surface area contributed by atoms with Gasteiger partial charge < -0.3 is 0 Å². The minimum atomic E-state index is -0.724. The summed E-state index contributed by atoms with van der Waals surface area (Å²) in [5.74, 6) is 6.53. The Labute approximate surface area is 186 Å². The van der Waals surface area contributed by atoms with E-state index < -0.39 is 11.9 Å². The smallest absolute Gasteiger partial charge is 0.268 e. The highest BCUT2D eigenvalue weighted by molar-refractivity contribution is 5.90. The highest BCUT2D eigenvalue weighted by Gasteiger charge is 2.26. The molecule has 5 nitrogen and oxygen atoms in total. The van der Waals surface area contributed by atoms with E-state index in [-0.39, 0.29) is 0 Å². The van der Waals surface area contributed by atoms with Gasteiger partial charge in [0.05, 0.1) is 5.52 Å². The summed E-state index contributed by atoms with van der Waals surface area (Å²) in [6.07, 6.45) is 2.61. The van der Waals surface area contributed by atoms with Gasteiger partial charge >= 0.3 is 0 Å². The molecule has 2 N–H and O–H groups in total. The molecule has 1 fully saturated rings. The average molecular weight is 422 g/mol. The van der Waals surface area contributed by atoms with Crippen LogP contribution in [0.4, 0.5) is 0 Å². The third-order valence-electron chi connectivity index (χ3n) is 5.76. The first-order chi connectivity index (χ1) is 15.7. The molecule has 5 rings (SSSR count). The quantitative estimate of drug-likeness (QED) is 0.278. The summed E-state index contributed by atoms with van der Waals surface area (Å²) in [6, 6.07) is 25.2. The molecule has 1 atom stereocenters. The molecule has 1 heterocycles. The maximum absolute atomic E-state index is 12.7. The summed E-state index contributed by atoms with van der Waals surface area (Å²) in [7, 11) is 0. The summed E-state index contributed by atoms with van der Waals surface area (Å²) in [5, 5.41) is 15.1. The van der Waals surface area contributed by atoms with Crippen LogP contribution in [0, 0.1) is 17.8 Å². The Balaban J connectivity index is 1.65. The minimum Gasteiger partial charge on any atom is -0.289 e. The molecule has 1 saturated carbocycles. The zero-order valence-corrected chi connectivity index (χ0v) is 17.5. The van der Waals surface area contributed by atoms with E-state index >= 15 is 0 Å². The molecule has 1 aromatic heterocycles. The molecule has 32 heavy (non-hydrogen) atoms. The third kappa shape index (κ3) is 4.14. The lowest BCUT2D eigenvalue weighted by Gasteiger charge is -2.17. The van der Waals surface area contributed by atoms with Crippen molar-refractivity contribution in [1.29, 1.82) is 0 Å². The SMILES string of the molecule is O=C(NO)C(Cc1ccccc1)n1nc2ccc(-c3ccccc3)cc2c1C#CC1CC1. The van der Waals surface area contributed by atoms with Gasteiger partial charge in [-0.1, -0.05) is 72.7 Å². The fraction of sp³-hybridized carbons (Fsp3) is 0.185. The van der Waals surface area contributed by atoms with E-state index in [9.17, 15) is 10.0 Å². The molecule has 0 saturated heterocycles. The first-order valence-corrected chi connectivity index (χ1v) is 10.8.